The van der Waals surface area contributed by atoms with Crippen molar-refractivity contribution in [1.29, 1.82) is 0 Å². The van der Waals surface area contributed by atoms with Gasteiger partial charge in [-0.15, -0.1) is 0 Å². The average Bonchev–Trinajstić information content (AvgIpc) is 3.32. The molecule has 0 N–H and O–H groups in total. The van der Waals surface area contributed by atoms with E-state index in [0.29, 0.717) is 21.7 Å². The first-order valence-corrected chi connectivity index (χ1v) is 14.6. The van der Waals surface area contributed by atoms with Crippen LogP contribution in [0.25, 0.3) is 0 Å². The highest BCUT2D eigenvalue weighted by Gasteiger charge is 2.82. The van der Waals surface area contributed by atoms with Crippen LogP contribution in [0, 0.1) is 50.7 Å². The highest BCUT2D eigenvalue weighted by atomic mass is 16.5. The maximum Gasteiger partial charge on any atom is 0.302 e. The van der Waals surface area contributed by atoms with Crippen LogP contribution in [-0.2, 0) is 9.53 Å². The molecule has 2 heteroatoms. The van der Waals surface area contributed by atoms with Crippen molar-refractivity contribution in [3.05, 3.63) is 11.6 Å². The number of hydrogen-bond donors (Lipinski definition) is 0. The van der Waals surface area contributed by atoms with Gasteiger partial charge in [-0.3, -0.25) is 4.79 Å². The fourth-order valence-corrected chi connectivity index (χ4v) is 11.5. The van der Waals surface area contributed by atoms with Gasteiger partial charge in [-0.2, -0.15) is 0 Å². The number of allylic oxidation sites excluding steroid dienone is 2. The third kappa shape index (κ3) is 3.14. The summed E-state index contributed by atoms with van der Waals surface area (Å²) in [4.78, 5) is 11.8. The molecule has 0 unspecified atom stereocenters. The van der Waals surface area contributed by atoms with Crippen LogP contribution >= 0.6 is 0 Å². The van der Waals surface area contributed by atoms with Crippen molar-refractivity contribution in [2.75, 3.05) is 0 Å². The standard InChI is InChI=1S/C32H52O2/c1-21(2)10-9-11-22(3)24-14-16-30(8)26-13-12-25-28(5,6)27(34-23(4)33)15-17-31(25)20-32(26,31)19-18-29(24,30)7/h10,22,24-27H,9,11-20H2,1-8H3/t22-,24-,25+,26+,27+,29-,30+,31-,32+/m0/s1. The zero-order valence-corrected chi connectivity index (χ0v) is 23.6. The molecule has 34 heavy (non-hydrogen) atoms. The average molecular weight is 469 g/mol. The molecule has 2 nitrogen and oxygen atoms in total. The summed E-state index contributed by atoms with van der Waals surface area (Å²) in [5.41, 5.74) is 3.71. The summed E-state index contributed by atoms with van der Waals surface area (Å²) in [6, 6.07) is 0. The Bertz CT molecular complexity index is 866. The summed E-state index contributed by atoms with van der Waals surface area (Å²) in [5.74, 6) is 3.27. The van der Waals surface area contributed by atoms with Crippen molar-refractivity contribution in [2.45, 2.75) is 132 Å². The molecule has 5 saturated carbocycles. The number of ether oxygens (including phenoxy) is 1. The molecular formula is C32H52O2. The van der Waals surface area contributed by atoms with Gasteiger partial charge in [-0.25, -0.2) is 0 Å². The molecule has 0 amide bonds. The zero-order valence-electron chi connectivity index (χ0n) is 23.6. The third-order valence-corrected chi connectivity index (χ3v) is 13.3. The second-order valence-electron chi connectivity index (χ2n) is 14.9. The minimum atomic E-state index is -0.0927. The van der Waals surface area contributed by atoms with Gasteiger partial charge in [0.2, 0.25) is 0 Å². The molecule has 0 aromatic rings. The van der Waals surface area contributed by atoms with E-state index in [1.807, 2.05) is 0 Å². The lowest BCUT2D eigenvalue weighted by Crippen LogP contribution is -2.58. The largest absolute Gasteiger partial charge is 0.462 e. The van der Waals surface area contributed by atoms with E-state index in [9.17, 15) is 4.79 Å². The molecule has 0 bridgehead atoms. The Morgan fingerprint density at radius 3 is 2.24 bits per heavy atom. The molecule has 0 aromatic carbocycles. The van der Waals surface area contributed by atoms with Gasteiger partial charge in [0.1, 0.15) is 6.10 Å². The van der Waals surface area contributed by atoms with Gasteiger partial charge in [-0.1, -0.05) is 46.3 Å². The summed E-state index contributed by atoms with van der Waals surface area (Å²) in [7, 11) is 0. The summed E-state index contributed by atoms with van der Waals surface area (Å²) in [5, 5.41) is 0. The number of fused-ring (bicyclic) bond motifs is 2. The quantitative estimate of drug-likeness (QED) is 0.298. The minimum absolute atomic E-state index is 0.0927. The van der Waals surface area contributed by atoms with Crippen LogP contribution in [0.5, 0.6) is 0 Å². The van der Waals surface area contributed by atoms with Gasteiger partial charge in [0.25, 0.3) is 0 Å². The molecule has 192 valence electrons. The number of carbonyl (C=O) groups is 1. The molecule has 0 saturated heterocycles. The van der Waals surface area contributed by atoms with Gasteiger partial charge in [0.05, 0.1) is 0 Å². The van der Waals surface area contributed by atoms with Crippen molar-refractivity contribution < 1.29 is 9.53 Å². The second kappa shape index (κ2) is 7.85. The van der Waals surface area contributed by atoms with Crippen LogP contribution < -0.4 is 0 Å². The molecule has 5 aliphatic carbocycles. The van der Waals surface area contributed by atoms with Gasteiger partial charge < -0.3 is 4.74 Å². The lowest BCUT2D eigenvalue weighted by molar-refractivity contribution is -0.181. The van der Waals surface area contributed by atoms with Gasteiger partial charge in [-0.05, 0) is 130 Å². The summed E-state index contributed by atoms with van der Waals surface area (Å²) < 4.78 is 5.90. The van der Waals surface area contributed by atoms with Crippen molar-refractivity contribution >= 4 is 5.97 Å². The Balaban J connectivity index is 1.39. The van der Waals surface area contributed by atoms with Gasteiger partial charge in [0, 0.05) is 12.3 Å². The van der Waals surface area contributed by atoms with E-state index in [0.717, 1.165) is 30.1 Å². The molecular weight excluding hydrogens is 416 g/mol. The fourth-order valence-electron chi connectivity index (χ4n) is 11.5. The summed E-state index contributed by atoms with van der Waals surface area (Å²) in [6.07, 6.45) is 17.6. The number of carbonyl (C=O) groups excluding carboxylic acids is 1. The Labute approximate surface area is 210 Å². The van der Waals surface area contributed by atoms with Crippen LogP contribution in [0.4, 0.5) is 0 Å². The Hall–Kier alpha value is -0.790. The predicted molar refractivity (Wildman–Crippen MR) is 140 cm³/mol. The van der Waals surface area contributed by atoms with Crippen molar-refractivity contribution in [3.8, 4) is 0 Å². The maximum absolute atomic E-state index is 11.8. The van der Waals surface area contributed by atoms with Crippen molar-refractivity contribution in [1.82, 2.24) is 0 Å². The van der Waals surface area contributed by atoms with E-state index in [2.05, 4.69) is 54.5 Å². The van der Waals surface area contributed by atoms with Crippen molar-refractivity contribution in [2.24, 2.45) is 50.7 Å². The smallest absolute Gasteiger partial charge is 0.302 e. The molecule has 0 aliphatic heterocycles. The van der Waals surface area contributed by atoms with E-state index < -0.39 is 0 Å². The highest BCUT2D eigenvalue weighted by Crippen LogP contribution is 2.89. The Morgan fingerprint density at radius 1 is 0.882 bits per heavy atom. The first-order valence-electron chi connectivity index (χ1n) is 14.6. The van der Waals surface area contributed by atoms with Crippen LogP contribution in [0.3, 0.4) is 0 Å². The molecule has 0 aromatic heterocycles. The van der Waals surface area contributed by atoms with E-state index in [1.54, 1.807) is 6.92 Å². The normalized spacial score (nSPS) is 49.1. The molecule has 5 aliphatic rings. The Kier molecular flexibility index (Phi) is 5.75. The van der Waals surface area contributed by atoms with Gasteiger partial charge >= 0.3 is 5.97 Å². The fraction of sp³-hybridized carbons (Fsp3) is 0.906. The van der Waals surface area contributed by atoms with E-state index in [1.165, 1.54) is 69.8 Å². The molecule has 5 fully saturated rings. The number of hydrogen-bond acceptors (Lipinski definition) is 2. The maximum atomic E-state index is 11.8. The predicted octanol–water partition coefficient (Wildman–Crippen LogP) is 8.74. The molecule has 9 atom stereocenters. The first kappa shape index (κ1) is 24.9. The summed E-state index contributed by atoms with van der Waals surface area (Å²) >= 11 is 0. The van der Waals surface area contributed by atoms with Gasteiger partial charge in [0.15, 0.2) is 0 Å². The molecule has 0 heterocycles. The molecule has 2 spiro atoms. The summed E-state index contributed by atoms with van der Waals surface area (Å²) in [6.45, 7) is 18.9. The van der Waals surface area contributed by atoms with E-state index in [-0.39, 0.29) is 17.5 Å². The van der Waals surface area contributed by atoms with Crippen LogP contribution in [0.15, 0.2) is 11.6 Å². The minimum Gasteiger partial charge on any atom is -0.462 e. The second-order valence-corrected chi connectivity index (χ2v) is 14.9. The van der Waals surface area contributed by atoms with E-state index in [4.69, 9.17) is 4.74 Å². The zero-order chi connectivity index (χ0) is 24.7. The number of esters is 1. The van der Waals surface area contributed by atoms with Crippen LogP contribution in [0.2, 0.25) is 0 Å². The molecule has 5 rings (SSSR count). The monoisotopic (exact) mass is 468 g/mol. The molecule has 0 radical (unpaired) electrons. The Morgan fingerprint density at radius 2 is 1.56 bits per heavy atom. The highest BCUT2D eigenvalue weighted by molar-refractivity contribution is 5.66. The van der Waals surface area contributed by atoms with Crippen molar-refractivity contribution in [3.63, 3.8) is 0 Å². The first-order chi connectivity index (χ1) is 15.8. The van der Waals surface area contributed by atoms with Crippen LogP contribution in [-0.4, -0.2) is 12.1 Å². The number of rotatable bonds is 5. The lowest BCUT2D eigenvalue weighted by Gasteiger charge is -2.63. The third-order valence-electron chi connectivity index (χ3n) is 13.3. The lowest BCUT2D eigenvalue weighted by atomic mass is 9.41. The SMILES string of the molecule is CC(=O)O[C@@H]1CC[C@@]23C[C@@]24CC[C@@]2(C)[C@H]([C@@H](C)CCC=C(C)C)CC[C@]2(C)[C@H]4CC[C@@H]3C1(C)C. The topological polar surface area (TPSA) is 26.3 Å². The van der Waals surface area contributed by atoms with Crippen LogP contribution in [0.1, 0.15) is 126 Å². The van der Waals surface area contributed by atoms with E-state index >= 15 is 0 Å².